The lowest BCUT2D eigenvalue weighted by molar-refractivity contribution is -0.133. The summed E-state index contributed by atoms with van der Waals surface area (Å²) in [7, 11) is 3.34. The Labute approximate surface area is 168 Å². The van der Waals surface area contributed by atoms with Crippen molar-refractivity contribution in [3.63, 3.8) is 0 Å². The molecule has 2 aliphatic rings. The molecule has 3 heterocycles. The summed E-state index contributed by atoms with van der Waals surface area (Å²) in [5, 5.41) is 2.89. The second-order valence-corrected chi connectivity index (χ2v) is 7.22. The molecule has 9 heteroatoms. The van der Waals surface area contributed by atoms with Crippen LogP contribution in [0.2, 0.25) is 0 Å². The van der Waals surface area contributed by atoms with Crippen LogP contribution in [0.15, 0.2) is 36.5 Å². The number of benzene rings is 1. The lowest BCUT2D eigenvalue weighted by Crippen LogP contribution is -2.41. The highest BCUT2D eigenvalue weighted by atomic mass is 16.5. The van der Waals surface area contributed by atoms with Crippen molar-refractivity contribution in [1.82, 2.24) is 19.8 Å². The molecule has 1 N–H and O–H groups in total. The fraction of sp³-hybridized carbons (Fsp3) is 0.400. The van der Waals surface area contributed by atoms with E-state index in [2.05, 4.69) is 15.3 Å². The number of ether oxygens (including phenoxy) is 2. The number of urea groups is 1. The molecule has 2 aromatic rings. The van der Waals surface area contributed by atoms with Gasteiger partial charge in [0.25, 0.3) is 5.91 Å². The number of hydrogen-bond acceptors (Lipinski definition) is 6. The molecule has 152 valence electrons. The average molecular weight is 397 g/mol. The molecule has 3 atom stereocenters. The van der Waals surface area contributed by atoms with Gasteiger partial charge in [0, 0.05) is 44.0 Å². The third kappa shape index (κ3) is 3.67. The van der Waals surface area contributed by atoms with Crippen molar-refractivity contribution < 1.29 is 19.1 Å². The lowest BCUT2D eigenvalue weighted by Gasteiger charge is -2.22. The third-order valence-electron chi connectivity index (χ3n) is 5.44. The van der Waals surface area contributed by atoms with Crippen molar-refractivity contribution in [2.75, 3.05) is 32.6 Å². The number of aromatic nitrogens is 2. The van der Waals surface area contributed by atoms with Crippen molar-refractivity contribution in [3.8, 4) is 11.6 Å². The van der Waals surface area contributed by atoms with Gasteiger partial charge in [0.05, 0.1) is 13.2 Å². The van der Waals surface area contributed by atoms with E-state index >= 15 is 0 Å². The summed E-state index contributed by atoms with van der Waals surface area (Å²) < 4.78 is 11.0. The van der Waals surface area contributed by atoms with Crippen molar-refractivity contribution >= 4 is 17.6 Å². The highest BCUT2D eigenvalue weighted by Crippen LogP contribution is 2.34. The van der Waals surface area contributed by atoms with Crippen LogP contribution in [0.1, 0.15) is 5.82 Å². The summed E-state index contributed by atoms with van der Waals surface area (Å²) >= 11 is 0. The van der Waals surface area contributed by atoms with E-state index in [-0.39, 0.29) is 23.9 Å². The first-order chi connectivity index (χ1) is 14.0. The summed E-state index contributed by atoms with van der Waals surface area (Å²) in [5.74, 6) is 1.45. The minimum absolute atomic E-state index is 0.0861. The van der Waals surface area contributed by atoms with Gasteiger partial charge in [-0.3, -0.25) is 4.79 Å². The highest BCUT2D eigenvalue weighted by molar-refractivity contribution is 5.90. The number of aryl methyl sites for hydroxylation is 1. The Balaban J connectivity index is 1.44. The standard InChI is InChI=1S/C20H23N5O4/c1-12-21-9-8-17(22-12)29-18-15-10-25(11-16(15)24(2)19(18)26)20(27)23-13-4-6-14(28-3)7-5-13/h4-9,15-16,18H,10-11H2,1-3H3,(H,23,27)/t15-,16+,18-/m0/s1. The summed E-state index contributed by atoms with van der Waals surface area (Å²) in [6.07, 6.45) is 0.930. The summed E-state index contributed by atoms with van der Waals surface area (Å²) in [5.41, 5.74) is 0.682. The maximum atomic E-state index is 12.7. The minimum atomic E-state index is -0.668. The molecule has 0 unspecified atom stereocenters. The van der Waals surface area contributed by atoms with Gasteiger partial charge in [-0.2, -0.15) is 4.98 Å². The minimum Gasteiger partial charge on any atom is -0.497 e. The first-order valence-corrected chi connectivity index (χ1v) is 9.39. The van der Waals surface area contributed by atoms with Gasteiger partial charge >= 0.3 is 6.03 Å². The lowest BCUT2D eigenvalue weighted by atomic mass is 10.0. The SMILES string of the molecule is COc1ccc(NC(=O)N2C[C@@H]3[C@H](Oc4ccnc(C)n4)C(=O)N(C)[C@@H]3C2)cc1. The topological polar surface area (TPSA) is 96.9 Å². The van der Waals surface area contributed by atoms with E-state index in [0.29, 0.717) is 30.5 Å². The van der Waals surface area contributed by atoms with E-state index in [1.807, 2.05) is 0 Å². The molecule has 0 spiro atoms. The molecule has 9 nitrogen and oxygen atoms in total. The second-order valence-electron chi connectivity index (χ2n) is 7.22. The monoisotopic (exact) mass is 397 g/mol. The van der Waals surface area contributed by atoms with Gasteiger partial charge in [0.15, 0.2) is 6.10 Å². The van der Waals surface area contributed by atoms with Crippen molar-refractivity contribution in [2.24, 2.45) is 5.92 Å². The molecule has 0 radical (unpaired) electrons. The van der Waals surface area contributed by atoms with Gasteiger partial charge in [0.2, 0.25) is 5.88 Å². The van der Waals surface area contributed by atoms with Crippen LogP contribution in [0, 0.1) is 12.8 Å². The van der Waals surface area contributed by atoms with Crippen LogP contribution in [0.3, 0.4) is 0 Å². The van der Waals surface area contributed by atoms with Crippen LogP contribution >= 0.6 is 0 Å². The Morgan fingerprint density at radius 1 is 1.21 bits per heavy atom. The van der Waals surface area contributed by atoms with E-state index < -0.39 is 6.10 Å². The molecule has 4 rings (SSSR count). The first kappa shape index (κ1) is 19.0. The maximum absolute atomic E-state index is 12.7. The Kier molecular flexibility index (Phi) is 4.96. The number of anilines is 1. The second kappa shape index (κ2) is 7.57. The molecule has 1 aromatic carbocycles. The average Bonchev–Trinajstić information content (AvgIpc) is 3.24. The van der Waals surface area contributed by atoms with Crippen LogP contribution in [0.5, 0.6) is 11.6 Å². The first-order valence-electron chi connectivity index (χ1n) is 9.39. The fourth-order valence-electron chi connectivity index (χ4n) is 3.88. The quantitative estimate of drug-likeness (QED) is 0.841. The van der Waals surface area contributed by atoms with Gasteiger partial charge in [-0.15, -0.1) is 0 Å². The zero-order valence-corrected chi connectivity index (χ0v) is 16.5. The number of rotatable bonds is 4. The number of carbonyl (C=O) groups is 2. The predicted molar refractivity (Wildman–Crippen MR) is 105 cm³/mol. The van der Waals surface area contributed by atoms with E-state index in [1.165, 1.54) is 0 Å². The third-order valence-corrected chi connectivity index (χ3v) is 5.44. The Morgan fingerprint density at radius 2 is 1.97 bits per heavy atom. The van der Waals surface area contributed by atoms with Crippen molar-refractivity contribution in [2.45, 2.75) is 19.1 Å². The van der Waals surface area contributed by atoms with Crippen molar-refractivity contribution in [3.05, 3.63) is 42.4 Å². The van der Waals surface area contributed by atoms with Crippen LogP contribution in [0.25, 0.3) is 0 Å². The van der Waals surface area contributed by atoms with Gasteiger partial charge in [-0.25, -0.2) is 9.78 Å². The van der Waals surface area contributed by atoms with E-state index in [1.54, 1.807) is 67.4 Å². The number of hydrogen-bond donors (Lipinski definition) is 1. The largest absolute Gasteiger partial charge is 0.497 e. The normalized spacial score (nSPS) is 23.1. The van der Waals surface area contributed by atoms with Gasteiger partial charge in [-0.05, 0) is 31.2 Å². The molecule has 29 heavy (non-hydrogen) atoms. The number of nitrogens with zero attached hydrogens (tertiary/aromatic N) is 4. The number of amides is 3. The molecule has 3 amide bonds. The van der Waals surface area contributed by atoms with Crippen LogP contribution < -0.4 is 14.8 Å². The van der Waals surface area contributed by atoms with Crippen LogP contribution in [-0.2, 0) is 4.79 Å². The zero-order chi connectivity index (χ0) is 20.5. The molecular formula is C20H23N5O4. The van der Waals surface area contributed by atoms with Gasteiger partial charge < -0.3 is 24.6 Å². The highest BCUT2D eigenvalue weighted by Gasteiger charge is 2.53. The number of fused-ring (bicyclic) bond motifs is 1. The number of nitrogens with one attached hydrogen (secondary N) is 1. The number of methoxy groups -OCH3 is 1. The maximum Gasteiger partial charge on any atom is 0.321 e. The van der Waals surface area contributed by atoms with Crippen LogP contribution in [-0.4, -0.2) is 71.1 Å². The Hall–Kier alpha value is -3.36. The van der Waals surface area contributed by atoms with Crippen LogP contribution in [0.4, 0.5) is 10.5 Å². The summed E-state index contributed by atoms with van der Waals surface area (Å²) in [4.78, 5) is 37.0. The smallest absolute Gasteiger partial charge is 0.321 e. The Morgan fingerprint density at radius 3 is 2.66 bits per heavy atom. The molecule has 2 fully saturated rings. The van der Waals surface area contributed by atoms with E-state index in [0.717, 1.165) is 5.75 Å². The number of carbonyl (C=O) groups excluding carboxylic acids is 2. The molecule has 0 bridgehead atoms. The molecule has 1 aromatic heterocycles. The Bertz CT molecular complexity index is 919. The summed E-state index contributed by atoms with van der Waals surface area (Å²) in [6, 6.07) is 8.48. The molecular weight excluding hydrogens is 374 g/mol. The van der Waals surface area contributed by atoms with Gasteiger partial charge in [0.1, 0.15) is 11.6 Å². The molecule has 2 saturated heterocycles. The number of likely N-dealkylation sites (tertiary alicyclic amines) is 2. The van der Waals surface area contributed by atoms with Crippen molar-refractivity contribution in [1.29, 1.82) is 0 Å². The van der Waals surface area contributed by atoms with E-state index in [9.17, 15) is 9.59 Å². The molecule has 2 aliphatic heterocycles. The number of likely N-dealkylation sites (N-methyl/N-ethyl adjacent to an activating group) is 1. The predicted octanol–water partition coefficient (Wildman–Crippen LogP) is 1.55. The molecule has 0 aliphatic carbocycles. The zero-order valence-electron chi connectivity index (χ0n) is 16.5. The van der Waals surface area contributed by atoms with E-state index in [4.69, 9.17) is 9.47 Å². The summed E-state index contributed by atoms with van der Waals surface area (Å²) in [6.45, 7) is 2.65. The van der Waals surface area contributed by atoms with Gasteiger partial charge in [-0.1, -0.05) is 0 Å². The fourth-order valence-corrected chi connectivity index (χ4v) is 3.88. The molecule has 0 saturated carbocycles.